The Balaban J connectivity index is 1.16. The second-order valence-corrected chi connectivity index (χ2v) is 17.8. The van der Waals surface area contributed by atoms with Gasteiger partial charge in [0.05, 0.1) is 18.8 Å². The van der Waals surface area contributed by atoms with Gasteiger partial charge in [0, 0.05) is 70.3 Å². The third kappa shape index (κ3) is 7.39. The fourth-order valence-electron chi connectivity index (χ4n) is 11.7. The number of carbonyl (C=O) groups is 1. The van der Waals surface area contributed by atoms with Crippen LogP contribution >= 0.6 is 0 Å². The van der Waals surface area contributed by atoms with E-state index in [2.05, 4.69) is 55.3 Å². The summed E-state index contributed by atoms with van der Waals surface area (Å²) in [4.78, 5) is 25.8. The molecule has 10 heteroatoms. The zero-order valence-electron chi connectivity index (χ0n) is 31.2. The molecule has 0 spiro atoms. The highest BCUT2D eigenvalue weighted by molar-refractivity contribution is 5.82. The SMILES string of the molecule is COC1C(CN2O[C@@H](CO)[C@H]([C@H](C)O)[C@H]2C(=O)N[C@H]2C[C@H]3C[C@@H]([C@@H]2C)C3(C)C)CCCC1C1CC(CN2CCNCC2)CC(N(C)C)C1. The fraction of sp³-hybridized carbons (Fsp3) is 0.974. The number of nitrogens with one attached hydrogen (secondary N) is 2. The number of aliphatic hydroxyl groups excluding tert-OH is 2. The lowest BCUT2D eigenvalue weighted by Gasteiger charge is -2.62. The van der Waals surface area contributed by atoms with Crippen LogP contribution in [0, 0.1) is 52.8 Å². The van der Waals surface area contributed by atoms with Gasteiger partial charge in [-0.3, -0.25) is 9.63 Å². The molecule has 2 heterocycles. The highest BCUT2D eigenvalue weighted by atomic mass is 16.7. The van der Waals surface area contributed by atoms with Crippen LogP contribution in [0.5, 0.6) is 0 Å². The molecule has 5 saturated carbocycles. The average molecular weight is 676 g/mol. The summed E-state index contributed by atoms with van der Waals surface area (Å²) in [6, 6.07) is 0.0741. The van der Waals surface area contributed by atoms with Gasteiger partial charge in [-0.05, 0) is 107 Å². The Bertz CT molecular complexity index is 1070. The van der Waals surface area contributed by atoms with Crippen LogP contribution in [0.3, 0.4) is 0 Å². The van der Waals surface area contributed by atoms with Crippen molar-refractivity contribution in [3.63, 3.8) is 0 Å². The van der Waals surface area contributed by atoms with Crippen LogP contribution in [-0.2, 0) is 14.4 Å². The number of piperazine rings is 1. The molecule has 7 rings (SSSR count). The number of fused-ring (bicyclic) bond motifs is 2. The first-order valence-electron chi connectivity index (χ1n) is 19.6. The lowest BCUT2D eigenvalue weighted by atomic mass is 9.45. The Morgan fingerprint density at radius 1 is 1.10 bits per heavy atom. The number of nitrogens with zero attached hydrogens (tertiary/aromatic N) is 3. The molecule has 2 bridgehead atoms. The summed E-state index contributed by atoms with van der Waals surface area (Å²) in [6.07, 6.45) is 8.04. The molecule has 6 unspecified atom stereocenters. The van der Waals surface area contributed by atoms with Crippen LogP contribution in [-0.4, -0.2) is 135 Å². The van der Waals surface area contributed by atoms with Gasteiger partial charge in [-0.15, -0.1) is 0 Å². The maximum atomic E-state index is 14.3. The largest absolute Gasteiger partial charge is 0.394 e. The Hall–Kier alpha value is -0.850. The van der Waals surface area contributed by atoms with Crippen LogP contribution in [0.25, 0.3) is 0 Å². The Labute approximate surface area is 291 Å². The van der Waals surface area contributed by atoms with Gasteiger partial charge in [0.1, 0.15) is 12.1 Å². The van der Waals surface area contributed by atoms with E-state index in [1.54, 1.807) is 6.92 Å². The normalized spacial score (nSPS) is 44.3. The molecule has 10 nitrogen and oxygen atoms in total. The lowest BCUT2D eigenvalue weighted by molar-refractivity contribution is -0.193. The molecule has 0 aromatic heterocycles. The van der Waals surface area contributed by atoms with E-state index < -0.39 is 24.2 Å². The second kappa shape index (κ2) is 15.4. The fourth-order valence-corrected chi connectivity index (χ4v) is 11.7. The van der Waals surface area contributed by atoms with E-state index >= 15 is 0 Å². The van der Waals surface area contributed by atoms with E-state index in [1.165, 1.54) is 38.6 Å². The van der Waals surface area contributed by atoms with Gasteiger partial charge in [0.15, 0.2) is 0 Å². The molecular weight excluding hydrogens is 606 g/mol. The molecule has 276 valence electrons. The standard InChI is InChI=1S/C38H69N5O5/c1-23-31-18-28(38(31,3)4)19-32(23)40-37(46)35-34(24(2)45)33(22-44)48-43(35)21-26-9-8-10-30(36(26)47-7)27-15-25(16-29(17-27)41(5)6)20-42-13-11-39-12-14-42/h23-36,39,44-45H,8-22H2,1-7H3,(H,40,46)/t23-,24-,25?,26?,27?,28+,29?,30?,31-,32-,33-,34-,35-,36?/m0/s1. The molecule has 14 atom stereocenters. The molecule has 0 radical (unpaired) electrons. The summed E-state index contributed by atoms with van der Waals surface area (Å²) in [7, 11) is 6.37. The molecule has 0 aromatic carbocycles. The van der Waals surface area contributed by atoms with Crippen LogP contribution in [0.2, 0.25) is 0 Å². The van der Waals surface area contributed by atoms with E-state index in [0.717, 1.165) is 45.4 Å². The molecule has 1 amide bonds. The minimum Gasteiger partial charge on any atom is -0.394 e. The highest BCUT2D eigenvalue weighted by Gasteiger charge is 2.58. The Kier molecular flexibility index (Phi) is 11.8. The lowest BCUT2D eigenvalue weighted by Crippen LogP contribution is -2.62. The van der Waals surface area contributed by atoms with Gasteiger partial charge < -0.3 is 35.4 Å². The van der Waals surface area contributed by atoms with Crippen molar-refractivity contribution in [1.82, 2.24) is 25.5 Å². The molecule has 48 heavy (non-hydrogen) atoms. The summed E-state index contributed by atoms with van der Waals surface area (Å²) < 4.78 is 6.44. The number of ether oxygens (including phenoxy) is 1. The topological polar surface area (TPSA) is 110 Å². The van der Waals surface area contributed by atoms with Crippen molar-refractivity contribution in [3.05, 3.63) is 0 Å². The summed E-state index contributed by atoms with van der Waals surface area (Å²) >= 11 is 0. The first kappa shape index (κ1) is 36.9. The number of amides is 1. The minimum absolute atomic E-state index is 0.0639. The monoisotopic (exact) mass is 676 g/mol. The van der Waals surface area contributed by atoms with Gasteiger partial charge in [0.2, 0.25) is 5.91 Å². The van der Waals surface area contributed by atoms with Gasteiger partial charge in [-0.2, -0.15) is 5.06 Å². The minimum atomic E-state index is -0.783. The molecule has 7 aliphatic rings. The van der Waals surface area contributed by atoms with Crippen molar-refractivity contribution in [2.45, 2.75) is 115 Å². The molecule has 2 saturated heterocycles. The number of carbonyl (C=O) groups excluding carboxylic acids is 1. The van der Waals surface area contributed by atoms with E-state index in [-0.39, 0.29) is 30.6 Å². The second-order valence-electron chi connectivity index (χ2n) is 17.8. The third-order valence-corrected chi connectivity index (χ3v) is 14.6. The predicted octanol–water partition coefficient (Wildman–Crippen LogP) is 2.83. The van der Waals surface area contributed by atoms with E-state index in [1.807, 2.05) is 12.2 Å². The number of aliphatic hydroxyl groups is 2. The highest BCUT2D eigenvalue weighted by Crippen LogP contribution is 2.61. The molecule has 7 fully saturated rings. The van der Waals surface area contributed by atoms with Gasteiger partial charge in [-0.1, -0.05) is 27.2 Å². The Morgan fingerprint density at radius 3 is 2.48 bits per heavy atom. The van der Waals surface area contributed by atoms with Crippen molar-refractivity contribution < 1.29 is 24.6 Å². The van der Waals surface area contributed by atoms with Crippen molar-refractivity contribution in [3.8, 4) is 0 Å². The van der Waals surface area contributed by atoms with Gasteiger partial charge >= 0.3 is 0 Å². The first-order chi connectivity index (χ1) is 22.9. The maximum absolute atomic E-state index is 14.3. The smallest absolute Gasteiger partial charge is 0.240 e. The van der Waals surface area contributed by atoms with Crippen LogP contribution in [0.15, 0.2) is 0 Å². The van der Waals surface area contributed by atoms with Crippen molar-refractivity contribution in [2.75, 3.05) is 67.1 Å². The van der Waals surface area contributed by atoms with Crippen molar-refractivity contribution in [2.24, 2.45) is 52.8 Å². The number of hydroxylamine groups is 2. The maximum Gasteiger partial charge on any atom is 0.240 e. The zero-order chi connectivity index (χ0) is 34.3. The van der Waals surface area contributed by atoms with Crippen LogP contribution in [0.4, 0.5) is 0 Å². The summed E-state index contributed by atoms with van der Waals surface area (Å²) in [5.41, 5.74) is 0.343. The summed E-state index contributed by atoms with van der Waals surface area (Å²) in [6.45, 7) is 14.8. The van der Waals surface area contributed by atoms with Gasteiger partial charge in [0.25, 0.3) is 0 Å². The van der Waals surface area contributed by atoms with Crippen LogP contribution in [0.1, 0.15) is 79.1 Å². The van der Waals surface area contributed by atoms with E-state index in [4.69, 9.17) is 9.57 Å². The zero-order valence-corrected chi connectivity index (χ0v) is 31.2. The number of rotatable bonds is 11. The van der Waals surface area contributed by atoms with E-state index in [9.17, 15) is 15.0 Å². The molecule has 4 N–H and O–H groups in total. The van der Waals surface area contributed by atoms with Crippen LogP contribution < -0.4 is 10.6 Å². The first-order valence-corrected chi connectivity index (χ1v) is 19.6. The van der Waals surface area contributed by atoms with Gasteiger partial charge in [-0.25, -0.2) is 0 Å². The molecule has 5 aliphatic carbocycles. The van der Waals surface area contributed by atoms with Crippen molar-refractivity contribution in [1.29, 1.82) is 0 Å². The summed E-state index contributed by atoms with van der Waals surface area (Å²) in [5.74, 6) is 3.10. The summed E-state index contributed by atoms with van der Waals surface area (Å²) in [5, 5.41) is 30.1. The molecular formula is C38H69N5O5. The average Bonchev–Trinajstić information content (AvgIpc) is 3.44. The predicted molar refractivity (Wildman–Crippen MR) is 188 cm³/mol. The van der Waals surface area contributed by atoms with E-state index in [0.29, 0.717) is 53.5 Å². The number of hydrogen-bond acceptors (Lipinski definition) is 9. The van der Waals surface area contributed by atoms with Crippen molar-refractivity contribution >= 4 is 5.91 Å². The number of hydrogen-bond donors (Lipinski definition) is 4. The Morgan fingerprint density at radius 2 is 1.85 bits per heavy atom. The molecule has 2 aliphatic heterocycles. The number of methoxy groups -OCH3 is 1. The molecule has 0 aromatic rings. The third-order valence-electron chi connectivity index (χ3n) is 14.6. The quantitative estimate of drug-likeness (QED) is 0.263.